The maximum Gasteiger partial charge on any atom is 0.266 e. The van der Waals surface area contributed by atoms with Gasteiger partial charge in [-0.2, -0.15) is 0 Å². The highest BCUT2D eigenvalue weighted by atomic mass is 32.1. The Kier molecular flexibility index (Phi) is 7.98. The Morgan fingerprint density at radius 1 is 1.06 bits per heavy atom. The van der Waals surface area contributed by atoms with Crippen LogP contribution in [0.4, 0.5) is 5.13 Å². The fourth-order valence-electron chi connectivity index (χ4n) is 3.63. The molecular formula is C24H29N3O5S. The minimum atomic E-state index is -0.126. The van der Waals surface area contributed by atoms with E-state index >= 15 is 0 Å². The summed E-state index contributed by atoms with van der Waals surface area (Å²) in [5.74, 6) is 2.00. The van der Waals surface area contributed by atoms with Crippen molar-refractivity contribution in [3.8, 4) is 17.2 Å². The van der Waals surface area contributed by atoms with E-state index in [0.717, 1.165) is 61.0 Å². The first-order valence-electron chi connectivity index (χ1n) is 11.0. The molecule has 0 saturated carbocycles. The molecular weight excluding hydrogens is 442 g/mol. The van der Waals surface area contributed by atoms with E-state index in [1.54, 1.807) is 43.4 Å². The molecule has 1 aliphatic heterocycles. The normalized spacial score (nSPS) is 14.2. The van der Waals surface area contributed by atoms with Crippen molar-refractivity contribution in [3.63, 3.8) is 0 Å². The summed E-state index contributed by atoms with van der Waals surface area (Å²) >= 11 is 1.48. The second-order valence-corrected chi connectivity index (χ2v) is 8.66. The van der Waals surface area contributed by atoms with Gasteiger partial charge in [-0.25, -0.2) is 4.98 Å². The van der Waals surface area contributed by atoms with Crippen LogP contribution in [-0.4, -0.2) is 76.0 Å². The zero-order valence-electron chi connectivity index (χ0n) is 19.0. The van der Waals surface area contributed by atoms with Crippen molar-refractivity contribution in [3.05, 3.63) is 42.5 Å². The molecule has 33 heavy (non-hydrogen) atoms. The predicted octanol–water partition coefficient (Wildman–Crippen LogP) is 3.45. The maximum atomic E-state index is 13.2. The number of aromatic nitrogens is 1. The smallest absolute Gasteiger partial charge is 0.266 e. The summed E-state index contributed by atoms with van der Waals surface area (Å²) in [6, 6.07) is 12.9. The number of carbonyl (C=O) groups excluding carboxylic acids is 1. The summed E-state index contributed by atoms with van der Waals surface area (Å²) in [5, 5.41) is 0.670. The second kappa shape index (κ2) is 11.3. The molecule has 0 spiro atoms. The van der Waals surface area contributed by atoms with Gasteiger partial charge >= 0.3 is 0 Å². The Balaban J connectivity index is 1.46. The van der Waals surface area contributed by atoms with Crippen LogP contribution in [-0.2, 0) is 9.53 Å². The Morgan fingerprint density at radius 3 is 2.48 bits per heavy atom. The van der Waals surface area contributed by atoms with Crippen molar-refractivity contribution in [1.82, 2.24) is 9.88 Å². The van der Waals surface area contributed by atoms with Gasteiger partial charge in [-0.15, -0.1) is 0 Å². The lowest BCUT2D eigenvalue weighted by molar-refractivity contribution is -0.120. The number of morpholine rings is 1. The number of nitrogens with zero attached hydrogens (tertiary/aromatic N) is 3. The third-order valence-electron chi connectivity index (χ3n) is 5.50. The molecule has 176 valence electrons. The zero-order chi connectivity index (χ0) is 23.0. The number of fused-ring (bicyclic) bond motifs is 1. The summed E-state index contributed by atoms with van der Waals surface area (Å²) in [4.78, 5) is 22.0. The molecule has 2 heterocycles. The Bertz CT molecular complexity index is 1050. The number of ether oxygens (including phenoxy) is 4. The molecule has 0 aliphatic carbocycles. The van der Waals surface area contributed by atoms with E-state index in [0.29, 0.717) is 17.4 Å². The number of carbonyl (C=O) groups is 1. The topological polar surface area (TPSA) is 73.4 Å². The van der Waals surface area contributed by atoms with Crippen LogP contribution in [0, 0.1) is 0 Å². The molecule has 0 atom stereocenters. The maximum absolute atomic E-state index is 13.2. The van der Waals surface area contributed by atoms with Crippen LogP contribution >= 0.6 is 11.3 Å². The summed E-state index contributed by atoms with van der Waals surface area (Å²) in [6.45, 7) is 4.79. The molecule has 1 aromatic heterocycles. The number of anilines is 1. The van der Waals surface area contributed by atoms with Gasteiger partial charge < -0.3 is 18.9 Å². The SMILES string of the molecule is COc1ccc(OCC(=O)N(CCCN2CCOCC2)c2nc3ccc(OC)cc3s2)cc1. The van der Waals surface area contributed by atoms with Crippen molar-refractivity contribution in [2.24, 2.45) is 0 Å². The van der Waals surface area contributed by atoms with E-state index < -0.39 is 0 Å². The molecule has 1 aliphatic rings. The van der Waals surface area contributed by atoms with Crippen LogP contribution in [0.5, 0.6) is 17.2 Å². The first-order chi connectivity index (χ1) is 16.2. The first kappa shape index (κ1) is 23.3. The molecule has 2 aromatic carbocycles. The highest BCUT2D eigenvalue weighted by molar-refractivity contribution is 7.22. The summed E-state index contributed by atoms with van der Waals surface area (Å²) in [7, 11) is 3.25. The van der Waals surface area contributed by atoms with Crippen molar-refractivity contribution in [2.75, 3.05) is 65.1 Å². The Morgan fingerprint density at radius 2 is 1.76 bits per heavy atom. The molecule has 0 unspecified atom stereocenters. The number of hydrogen-bond donors (Lipinski definition) is 0. The molecule has 1 saturated heterocycles. The molecule has 0 radical (unpaired) electrons. The quantitative estimate of drug-likeness (QED) is 0.448. The van der Waals surface area contributed by atoms with Gasteiger partial charge in [0, 0.05) is 26.2 Å². The van der Waals surface area contributed by atoms with Gasteiger partial charge in [0.15, 0.2) is 11.7 Å². The lowest BCUT2D eigenvalue weighted by atomic mass is 10.3. The molecule has 4 rings (SSSR count). The number of methoxy groups -OCH3 is 2. The van der Waals surface area contributed by atoms with E-state index in [4.69, 9.17) is 23.9 Å². The van der Waals surface area contributed by atoms with Crippen LogP contribution < -0.4 is 19.1 Å². The fourth-order valence-corrected chi connectivity index (χ4v) is 4.67. The molecule has 1 fully saturated rings. The Hall–Kier alpha value is -2.88. The highest BCUT2D eigenvalue weighted by Crippen LogP contribution is 2.32. The summed E-state index contributed by atoms with van der Waals surface area (Å²) in [6.07, 6.45) is 0.841. The van der Waals surface area contributed by atoms with Crippen molar-refractivity contribution >= 4 is 32.6 Å². The summed E-state index contributed by atoms with van der Waals surface area (Å²) in [5.41, 5.74) is 0.845. The van der Waals surface area contributed by atoms with Gasteiger partial charge in [-0.05, 0) is 48.9 Å². The zero-order valence-corrected chi connectivity index (χ0v) is 19.8. The number of hydrogen-bond acceptors (Lipinski definition) is 8. The number of amides is 1. The van der Waals surface area contributed by atoms with E-state index in [-0.39, 0.29) is 12.5 Å². The lowest BCUT2D eigenvalue weighted by Crippen LogP contribution is -2.40. The molecule has 9 heteroatoms. The standard InChI is InChI=1S/C24H29N3O5S/c1-29-18-4-6-19(7-5-18)32-17-23(28)27(11-3-10-26-12-14-31-15-13-26)24-25-21-9-8-20(30-2)16-22(21)33-24/h4-9,16H,3,10-15,17H2,1-2H3. The largest absolute Gasteiger partial charge is 0.497 e. The third-order valence-corrected chi connectivity index (χ3v) is 6.54. The van der Waals surface area contributed by atoms with Gasteiger partial charge in [0.05, 0.1) is 37.6 Å². The van der Waals surface area contributed by atoms with Crippen molar-refractivity contribution < 1.29 is 23.7 Å². The summed E-state index contributed by atoms with van der Waals surface area (Å²) < 4.78 is 22.7. The lowest BCUT2D eigenvalue weighted by Gasteiger charge is -2.27. The van der Waals surface area contributed by atoms with E-state index in [9.17, 15) is 4.79 Å². The molecule has 0 N–H and O–H groups in total. The average Bonchev–Trinajstić information content (AvgIpc) is 3.29. The highest BCUT2D eigenvalue weighted by Gasteiger charge is 2.21. The molecule has 3 aromatic rings. The number of benzene rings is 2. The predicted molar refractivity (Wildman–Crippen MR) is 129 cm³/mol. The molecule has 0 bridgehead atoms. The van der Waals surface area contributed by atoms with Gasteiger partial charge in [0.2, 0.25) is 0 Å². The van der Waals surface area contributed by atoms with E-state index in [2.05, 4.69) is 4.90 Å². The van der Waals surface area contributed by atoms with E-state index in [1.807, 2.05) is 18.2 Å². The minimum Gasteiger partial charge on any atom is -0.497 e. The third kappa shape index (κ3) is 6.13. The van der Waals surface area contributed by atoms with Gasteiger partial charge in [-0.1, -0.05) is 11.3 Å². The molecule has 1 amide bonds. The van der Waals surface area contributed by atoms with Crippen LogP contribution in [0.3, 0.4) is 0 Å². The first-order valence-corrected chi connectivity index (χ1v) is 11.8. The van der Waals surface area contributed by atoms with Crippen LogP contribution in [0.25, 0.3) is 10.2 Å². The average molecular weight is 472 g/mol. The van der Waals surface area contributed by atoms with Crippen LogP contribution in [0.2, 0.25) is 0 Å². The van der Waals surface area contributed by atoms with Crippen LogP contribution in [0.15, 0.2) is 42.5 Å². The van der Waals surface area contributed by atoms with Crippen molar-refractivity contribution in [1.29, 1.82) is 0 Å². The Labute approximate surface area is 197 Å². The van der Waals surface area contributed by atoms with Crippen molar-refractivity contribution in [2.45, 2.75) is 6.42 Å². The van der Waals surface area contributed by atoms with Crippen LogP contribution in [0.1, 0.15) is 6.42 Å². The van der Waals surface area contributed by atoms with Gasteiger partial charge in [0.1, 0.15) is 17.2 Å². The fraction of sp³-hybridized carbons (Fsp3) is 0.417. The second-order valence-electron chi connectivity index (χ2n) is 7.65. The van der Waals surface area contributed by atoms with E-state index in [1.165, 1.54) is 11.3 Å². The molecule has 8 nitrogen and oxygen atoms in total. The van der Waals surface area contributed by atoms with Gasteiger partial charge in [0.25, 0.3) is 5.91 Å². The number of thiazole rings is 1. The monoisotopic (exact) mass is 471 g/mol. The number of rotatable bonds is 10. The minimum absolute atomic E-state index is 0.0663. The van der Waals surface area contributed by atoms with Gasteiger partial charge in [-0.3, -0.25) is 14.6 Å².